The van der Waals surface area contributed by atoms with E-state index in [0.29, 0.717) is 6.42 Å². The Labute approximate surface area is 135 Å². The Morgan fingerprint density at radius 3 is 2.78 bits per heavy atom. The van der Waals surface area contributed by atoms with Crippen LogP contribution < -0.4 is 10.6 Å². The van der Waals surface area contributed by atoms with Crippen molar-refractivity contribution in [1.29, 1.82) is 0 Å². The van der Waals surface area contributed by atoms with Gasteiger partial charge >= 0.3 is 0 Å². The molecule has 0 radical (unpaired) electrons. The standard InChI is InChI=1S/C19H19N3O/c1-12-10-18(23)21-15-8-5-7-14(19(15)20-12)17-11-13-6-3-4-9-16(13)22(17)2/h3-9,11-12,20H,10H2,1-2H3,(H,21,23)/t12-/m1/s1. The van der Waals surface area contributed by atoms with E-state index in [1.165, 1.54) is 10.9 Å². The zero-order chi connectivity index (χ0) is 16.0. The van der Waals surface area contributed by atoms with E-state index >= 15 is 0 Å². The molecule has 0 saturated heterocycles. The van der Waals surface area contributed by atoms with Crippen LogP contribution in [-0.4, -0.2) is 16.5 Å². The minimum atomic E-state index is 0.0537. The van der Waals surface area contributed by atoms with Gasteiger partial charge in [-0.2, -0.15) is 0 Å². The molecule has 1 aliphatic heterocycles. The summed E-state index contributed by atoms with van der Waals surface area (Å²) in [4.78, 5) is 12.0. The second-order valence-corrected chi connectivity index (χ2v) is 6.17. The first-order chi connectivity index (χ1) is 11.1. The van der Waals surface area contributed by atoms with E-state index in [-0.39, 0.29) is 11.9 Å². The van der Waals surface area contributed by atoms with E-state index in [2.05, 4.69) is 58.6 Å². The fourth-order valence-corrected chi connectivity index (χ4v) is 3.35. The predicted octanol–water partition coefficient (Wildman–Crippen LogP) is 3.99. The Bertz CT molecular complexity index is 910. The molecule has 2 N–H and O–H groups in total. The fourth-order valence-electron chi connectivity index (χ4n) is 3.35. The number of benzene rings is 2. The highest BCUT2D eigenvalue weighted by atomic mass is 16.1. The number of aryl methyl sites for hydroxylation is 1. The second kappa shape index (κ2) is 5.16. The number of anilines is 2. The average Bonchev–Trinajstić information content (AvgIpc) is 2.77. The van der Waals surface area contributed by atoms with Crippen LogP contribution in [0.2, 0.25) is 0 Å². The molecule has 4 heteroatoms. The lowest BCUT2D eigenvalue weighted by molar-refractivity contribution is -0.116. The van der Waals surface area contributed by atoms with Gasteiger partial charge in [0.2, 0.25) is 5.91 Å². The van der Waals surface area contributed by atoms with Crippen LogP contribution in [0.4, 0.5) is 11.4 Å². The summed E-state index contributed by atoms with van der Waals surface area (Å²) in [5.74, 6) is 0.0537. The summed E-state index contributed by atoms with van der Waals surface area (Å²) < 4.78 is 2.20. The largest absolute Gasteiger partial charge is 0.380 e. The lowest BCUT2D eigenvalue weighted by Gasteiger charge is -2.17. The van der Waals surface area contributed by atoms with E-state index in [1.54, 1.807) is 0 Å². The molecule has 0 aliphatic carbocycles. The second-order valence-electron chi connectivity index (χ2n) is 6.17. The third-order valence-electron chi connectivity index (χ3n) is 4.45. The maximum atomic E-state index is 12.0. The Morgan fingerprint density at radius 2 is 1.96 bits per heavy atom. The first kappa shape index (κ1) is 13.9. The number of hydrogen-bond donors (Lipinski definition) is 2. The van der Waals surface area contributed by atoms with Gasteiger partial charge in [-0.25, -0.2) is 0 Å². The summed E-state index contributed by atoms with van der Waals surface area (Å²) in [5.41, 5.74) is 5.29. The third-order valence-corrected chi connectivity index (χ3v) is 4.45. The molecule has 1 atom stereocenters. The lowest BCUT2D eigenvalue weighted by Crippen LogP contribution is -2.19. The highest BCUT2D eigenvalue weighted by Crippen LogP contribution is 2.38. The molecule has 0 unspecified atom stereocenters. The van der Waals surface area contributed by atoms with Crippen LogP contribution in [-0.2, 0) is 11.8 Å². The van der Waals surface area contributed by atoms with Crippen LogP contribution in [0.15, 0.2) is 48.5 Å². The molecule has 23 heavy (non-hydrogen) atoms. The molecule has 0 spiro atoms. The van der Waals surface area contributed by atoms with Crippen LogP contribution in [0.25, 0.3) is 22.2 Å². The number of carbonyl (C=O) groups excluding carboxylic acids is 1. The van der Waals surface area contributed by atoms with Gasteiger partial charge in [0.15, 0.2) is 0 Å². The van der Waals surface area contributed by atoms with Gasteiger partial charge in [-0.3, -0.25) is 4.79 Å². The van der Waals surface area contributed by atoms with Gasteiger partial charge in [0, 0.05) is 36.0 Å². The Balaban J connectivity index is 1.94. The van der Waals surface area contributed by atoms with E-state index in [1.807, 2.05) is 19.1 Å². The van der Waals surface area contributed by atoms with Gasteiger partial charge in [-0.15, -0.1) is 0 Å². The van der Waals surface area contributed by atoms with Crippen LogP contribution >= 0.6 is 0 Å². The van der Waals surface area contributed by atoms with Gasteiger partial charge in [0.25, 0.3) is 0 Å². The van der Waals surface area contributed by atoms with Crippen molar-refractivity contribution < 1.29 is 4.79 Å². The predicted molar refractivity (Wildman–Crippen MR) is 94.7 cm³/mol. The Morgan fingerprint density at radius 1 is 1.13 bits per heavy atom. The molecule has 1 aromatic heterocycles. The topological polar surface area (TPSA) is 46.1 Å². The van der Waals surface area contributed by atoms with Crippen LogP contribution in [0.5, 0.6) is 0 Å². The maximum Gasteiger partial charge on any atom is 0.226 e. The molecular formula is C19H19N3O. The molecule has 2 heterocycles. The van der Waals surface area contributed by atoms with Gasteiger partial charge < -0.3 is 15.2 Å². The quantitative estimate of drug-likeness (QED) is 0.714. The molecule has 4 nitrogen and oxygen atoms in total. The zero-order valence-corrected chi connectivity index (χ0v) is 13.3. The van der Waals surface area contributed by atoms with Gasteiger partial charge in [-0.05, 0) is 25.1 Å². The molecule has 4 rings (SSSR count). The minimum Gasteiger partial charge on any atom is -0.380 e. The molecule has 1 amide bonds. The summed E-state index contributed by atoms with van der Waals surface area (Å²) >= 11 is 0. The summed E-state index contributed by atoms with van der Waals surface area (Å²) in [6, 6.07) is 16.7. The minimum absolute atomic E-state index is 0.0537. The first-order valence-corrected chi connectivity index (χ1v) is 7.88. The summed E-state index contributed by atoms with van der Waals surface area (Å²) in [6.45, 7) is 2.03. The van der Waals surface area contributed by atoms with Crippen molar-refractivity contribution in [2.75, 3.05) is 10.6 Å². The van der Waals surface area contributed by atoms with Crippen LogP contribution in [0.1, 0.15) is 13.3 Å². The monoisotopic (exact) mass is 305 g/mol. The highest BCUT2D eigenvalue weighted by Gasteiger charge is 2.21. The number of amides is 1. The molecule has 3 aromatic rings. The Kier molecular flexibility index (Phi) is 3.11. The maximum absolute atomic E-state index is 12.0. The SMILES string of the molecule is C[C@@H]1CC(=O)Nc2cccc(-c3cc4ccccc4n3C)c2N1. The number of rotatable bonds is 1. The van der Waals surface area contributed by atoms with E-state index in [9.17, 15) is 4.79 Å². The number of nitrogens with zero attached hydrogens (tertiary/aromatic N) is 1. The summed E-state index contributed by atoms with van der Waals surface area (Å²) in [6.07, 6.45) is 0.475. The van der Waals surface area contributed by atoms with Crippen molar-refractivity contribution in [2.45, 2.75) is 19.4 Å². The average molecular weight is 305 g/mol. The normalized spacial score (nSPS) is 17.3. The molecule has 116 valence electrons. The highest BCUT2D eigenvalue weighted by molar-refractivity contribution is 6.01. The van der Waals surface area contributed by atoms with Gasteiger partial charge in [0.1, 0.15) is 0 Å². The number of hydrogen-bond acceptors (Lipinski definition) is 2. The number of fused-ring (bicyclic) bond motifs is 2. The van der Waals surface area contributed by atoms with Crippen LogP contribution in [0.3, 0.4) is 0 Å². The number of nitrogens with one attached hydrogen (secondary N) is 2. The van der Waals surface area contributed by atoms with Crippen LogP contribution in [0, 0.1) is 0 Å². The lowest BCUT2D eigenvalue weighted by atomic mass is 10.1. The molecular weight excluding hydrogens is 286 g/mol. The molecule has 0 saturated carbocycles. The number of carbonyl (C=O) groups is 1. The Hall–Kier alpha value is -2.75. The first-order valence-electron chi connectivity index (χ1n) is 7.88. The number of para-hydroxylation sites is 2. The number of aromatic nitrogens is 1. The van der Waals surface area contributed by atoms with Crippen molar-refractivity contribution >= 4 is 28.2 Å². The van der Waals surface area contributed by atoms with Gasteiger partial charge in [0.05, 0.1) is 17.1 Å². The fraction of sp³-hybridized carbons (Fsp3) is 0.211. The van der Waals surface area contributed by atoms with Crippen molar-refractivity contribution in [3.8, 4) is 11.3 Å². The van der Waals surface area contributed by atoms with E-state index < -0.39 is 0 Å². The van der Waals surface area contributed by atoms with E-state index in [0.717, 1.165) is 22.6 Å². The van der Waals surface area contributed by atoms with Crippen molar-refractivity contribution in [2.24, 2.45) is 7.05 Å². The third kappa shape index (κ3) is 2.27. The van der Waals surface area contributed by atoms with Crippen molar-refractivity contribution in [3.05, 3.63) is 48.5 Å². The molecule has 2 aromatic carbocycles. The van der Waals surface area contributed by atoms with Crippen molar-refractivity contribution in [3.63, 3.8) is 0 Å². The molecule has 1 aliphatic rings. The van der Waals surface area contributed by atoms with Crippen molar-refractivity contribution in [1.82, 2.24) is 4.57 Å². The summed E-state index contributed by atoms with van der Waals surface area (Å²) in [7, 11) is 2.08. The summed E-state index contributed by atoms with van der Waals surface area (Å²) in [5, 5.41) is 7.72. The molecule has 0 bridgehead atoms. The zero-order valence-electron chi connectivity index (χ0n) is 13.3. The smallest absolute Gasteiger partial charge is 0.226 e. The van der Waals surface area contributed by atoms with E-state index in [4.69, 9.17) is 0 Å². The molecule has 0 fully saturated rings. The van der Waals surface area contributed by atoms with Gasteiger partial charge in [-0.1, -0.05) is 30.3 Å².